The van der Waals surface area contributed by atoms with Crippen molar-refractivity contribution < 1.29 is 0 Å². The highest BCUT2D eigenvalue weighted by Gasteiger charge is 2.16. The number of imidazole rings is 1. The molecule has 0 aliphatic rings. The largest absolute Gasteiger partial charge is 0.398 e. The van der Waals surface area contributed by atoms with Gasteiger partial charge in [0.05, 0.1) is 6.20 Å². The van der Waals surface area contributed by atoms with Crippen LogP contribution in [0, 0.1) is 5.41 Å². The Morgan fingerprint density at radius 1 is 1.07 bits per heavy atom. The summed E-state index contributed by atoms with van der Waals surface area (Å²) in [5, 5.41) is 3.48. The van der Waals surface area contributed by atoms with Crippen LogP contribution in [-0.4, -0.2) is 30.9 Å². The first kappa shape index (κ1) is 17.9. The van der Waals surface area contributed by atoms with Crippen molar-refractivity contribution in [3.8, 4) is 22.6 Å². The maximum Gasteiger partial charge on any atom is 0.180 e. The molecule has 142 valence electrons. The van der Waals surface area contributed by atoms with Crippen molar-refractivity contribution in [1.29, 1.82) is 0 Å². The summed E-state index contributed by atoms with van der Waals surface area (Å²) < 4.78 is 1.90. The standard InChI is InChI=1S/C21H23N7/c1-21(2,3)13-26-19-16(14-5-4-8-23-9-14)10-25-20(27-19)17-11-24-18-7-6-15(22)12-28(17)18/h4-12H,13,22H2,1-3H3,(H,25,26,27). The lowest BCUT2D eigenvalue weighted by Crippen LogP contribution is -2.20. The Kier molecular flexibility index (Phi) is 4.43. The van der Waals surface area contributed by atoms with Crippen molar-refractivity contribution >= 4 is 17.2 Å². The Labute approximate surface area is 163 Å². The molecule has 4 aromatic heterocycles. The number of fused-ring (bicyclic) bond motifs is 1. The van der Waals surface area contributed by atoms with Gasteiger partial charge in [-0.05, 0) is 23.6 Å². The van der Waals surface area contributed by atoms with Crippen LogP contribution in [0.25, 0.3) is 28.3 Å². The van der Waals surface area contributed by atoms with Gasteiger partial charge in [-0.3, -0.25) is 9.38 Å². The molecule has 0 saturated heterocycles. The highest BCUT2D eigenvalue weighted by Crippen LogP contribution is 2.29. The van der Waals surface area contributed by atoms with E-state index in [1.54, 1.807) is 12.4 Å². The van der Waals surface area contributed by atoms with Gasteiger partial charge < -0.3 is 11.1 Å². The molecular weight excluding hydrogens is 350 g/mol. The predicted octanol–water partition coefficient (Wildman–Crippen LogP) is 3.89. The summed E-state index contributed by atoms with van der Waals surface area (Å²) in [6.07, 6.45) is 9.00. The van der Waals surface area contributed by atoms with Crippen molar-refractivity contribution in [2.75, 3.05) is 17.6 Å². The lowest BCUT2D eigenvalue weighted by Gasteiger charge is -2.20. The second-order valence-electron chi connectivity index (χ2n) is 7.95. The van der Waals surface area contributed by atoms with Gasteiger partial charge in [-0.1, -0.05) is 26.8 Å². The molecule has 0 aliphatic carbocycles. The monoisotopic (exact) mass is 373 g/mol. The minimum absolute atomic E-state index is 0.106. The first-order valence-corrected chi connectivity index (χ1v) is 9.15. The molecule has 0 radical (unpaired) electrons. The summed E-state index contributed by atoms with van der Waals surface area (Å²) >= 11 is 0. The number of rotatable bonds is 4. The van der Waals surface area contributed by atoms with Crippen LogP contribution < -0.4 is 11.1 Å². The molecule has 0 unspecified atom stereocenters. The van der Waals surface area contributed by atoms with Gasteiger partial charge >= 0.3 is 0 Å². The fourth-order valence-corrected chi connectivity index (χ4v) is 2.88. The molecule has 0 saturated carbocycles. The maximum atomic E-state index is 5.95. The van der Waals surface area contributed by atoms with Crippen LogP contribution in [0.1, 0.15) is 20.8 Å². The van der Waals surface area contributed by atoms with Crippen LogP contribution in [0.15, 0.2) is 55.2 Å². The third-order valence-corrected chi connectivity index (χ3v) is 4.31. The molecule has 7 heteroatoms. The van der Waals surface area contributed by atoms with Crippen LogP contribution in [0.4, 0.5) is 11.5 Å². The van der Waals surface area contributed by atoms with Crippen molar-refractivity contribution in [2.45, 2.75) is 20.8 Å². The molecule has 0 amide bonds. The summed E-state index contributed by atoms with van der Waals surface area (Å²) in [6, 6.07) is 7.61. The topological polar surface area (TPSA) is 94.0 Å². The Morgan fingerprint density at radius 2 is 1.93 bits per heavy atom. The average Bonchev–Trinajstić information content (AvgIpc) is 3.09. The van der Waals surface area contributed by atoms with Crippen LogP contribution in [0.5, 0.6) is 0 Å². The number of nitrogens with two attached hydrogens (primary N) is 1. The van der Waals surface area contributed by atoms with Gasteiger partial charge in [-0.15, -0.1) is 0 Å². The van der Waals surface area contributed by atoms with E-state index in [0.717, 1.165) is 34.8 Å². The summed E-state index contributed by atoms with van der Waals surface area (Å²) in [4.78, 5) is 18.1. The highest BCUT2D eigenvalue weighted by atomic mass is 15.1. The lowest BCUT2D eigenvalue weighted by molar-refractivity contribution is 0.442. The molecule has 4 rings (SSSR count). The number of nitrogen functional groups attached to an aromatic ring is 1. The van der Waals surface area contributed by atoms with Crippen LogP contribution in [0.2, 0.25) is 0 Å². The average molecular weight is 373 g/mol. The van der Waals surface area contributed by atoms with Crippen molar-refractivity contribution in [3.05, 3.63) is 55.2 Å². The highest BCUT2D eigenvalue weighted by molar-refractivity contribution is 5.75. The molecule has 0 bridgehead atoms. The number of hydrogen-bond donors (Lipinski definition) is 2. The third kappa shape index (κ3) is 3.64. The summed E-state index contributed by atoms with van der Waals surface area (Å²) in [5.41, 5.74) is 10.2. The number of anilines is 2. The number of aromatic nitrogens is 5. The molecule has 3 N–H and O–H groups in total. The summed E-state index contributed by atoms with van der Waals surface area (Å²) in [7, 11) is 0. The number of nitrogens with one attached hydrogen (secondary N) is 1. The van der Waals surface area contributed by atoms with E-state index in [-0.39, 0.29) is 5.41 Å². The van der Waals surface area contributed by atoms with Crippen LogP contribution in [-0.2, 0) is 0 Å². The zero-order chi connectivity index (χ0) is 19.7. The molecule has 0 spiro atoms. The minimum Gasteiger partial charge on any atom is -0.398 e. The Hall–Kier alpha value is -3.48. The normalized spacial score (nSPS) is 11.7. The zero-order valence-electron chi connectivity index (χ0n) is 16.2. The zero-order valence-corrected chi connectivity index (χ0v) is 16.2. The van der Waals surface area contributed by atoms with Crippen molar-refractivity contribution in [1.82, 2.24) is 24.3 Å². The van der Waals surface area contributed by atoms with Crippen LogP contribution in [0.3, 0.4) is 0 Å². The van der Waals surface area contributed by atoms with E-state index in [1.165, 1.54) is 0 Å². The van der Waals surface area contributed by atoms with E-state index in [4.69, 9.17) is 10.7 Å². The maximum absolute atomic E-state index is 5.95. The first-order valence-electron chi connectivity index (χ1n) is 9.15. The molecule has 0 fully saturated rings. The van der Waals surface area contributed by atoms with Gasteiger partial charge in [-0.25, -0.2) is 15.0 Å². The van der Waals surface area contributed by atoms with Gasteiger partial charge in [0.25, 0.3) is 0 Å². The number of hydrogen-bond acceptors (Lipinski definition) is 6. The number of pyridine rings is 2. The third-order valence-electron chi connectivity index (χ3n) is 4.31. The van der Waals surface area contributed by atoms with Gasteiger partial charge in [-0.2, -0.15) is 0 Å². The van der Waals surface area contributed by atoms with Gasteiger partial charge in [0.1, 0.15) is 17.2 Å². The van der Waals surface area contributed by atoms with Crippen molar-refractivity contribution in [2.24, 2.45) is 5.41 Å². The van der Waals surface area contributed by atoms with E-state index in [2.05, 4.69) is 41.0 Å². The van der Waals surface area contributed by atoms with Crippen molar-refractivity contribution in [3.63, 3.8) is 0 Å². The molecule has 4 heterocycles. The predicted molar refractivity (Wildman–Crippen MR) is 112 cm³/mol. The fraction of sp³-hybridized carbons (Fsp3) is 0.238. The Balaban J connectivity index is 1.82. The van der Waals surface area contributed by atoms with Gasteiger partial charge in [0.2, 0.25) is 0 Å². The van der Waals surface area contributed by atoms with Gasteiger partial charge in [0.15, 0.2) is 5.82 Å². The fourth-order valence-electron chi connectivity index (χ4n) is 2.88. The Bertz CT molecular complexity index is 1110. The molecule has 0 aliphatic heterocycles. The molecule has 7 nitrogen and oxygen atoms in total. The van der Waals surface area contributed by atoms with Crippen LogP contribution >= 0.6 is 0 Å². The smallest absolute Gasteiger partial charge is 0.180 e. The SMILES string of the molecule is CC(C)(C)CNc1nc(-c2cnc3ccc(N)cn23)ncc1-c1cccnc1. The second kappa shape index (κ2) is 6.92. The molecule has 28 heavy (non-hydrogen) atoms. The summed E-state index contributed by atoms with van der Waals surface area (Å²) in [5.74, 6) is 1.36. The number of nitrogens with zero attached hydrogens (tertiary/aromatic N) is 5. The molecule has 0 atom stereocenters. The van der Waals surface area contributed by atoms with E-state index in [0.29, 0.717) is 11.5 Å². The summed E-state index contributed by atoms with van der Waals surface area (Å²) in [6.45, 7) is 7.31. The quantitative estimate of drug-likeness (QED) is 0.563. The van der Waals surface area contributed by atoms with E-state index in [9.17, 15) is 0 Å². The second-order valence-corrected chi connectivity index (χ2v) is 7.95. The molecular formula is C21H23N7. The van der Waals surface area contributed by atoms with E-state index < -0.39 is 0 Å². The first-order chi connectivity index (χ1) is 13.4. The minimum atomic E-state index is 0.106. The van der Waals surface area contributed by atoms with Gasteiger partial charge in [0, 0.05) is 48.1 Å². The molecule has 0 aromatic carbocycles. The molecule has 4 aromatic rings. The van der Waals surface area contributed by atoms with E-state index in [1.807, 2.05) is 47.3 Å². The van der Waals surface area contributed by atoms with E-state index >= 15 is 0 Å². The Morgan fingerprint density at radius 3 is 2.68 bits per heavy atom. The lowest BCUT2D eigenvalue weighted by atomic mass is 9.97.